The van der Waals surface area contributed by atoms with Crippen LogP contribution in [0.1, 0.15) is 6.42 Å². The summed E-state index contributed by atoms with van der Waals surface area (Å²) in [6.45, 7) is 2.57. The Bertz CT molecular complexity index is 413. The molecule has 0 saturated carbocycles. The molecule has 2 fully saturated rings. The maximum atomic E-state index is 12.1. The fourth-order valence-electron chi connectivity index (χ4n) is 2.76. The quantitative estimate of drug-likeness (QED) is 0.778. The number of hydrogen-bond acceptors (Lipinski definition) is 3. The number of amides is 1. The highest BCUT2D eigenvalue weighted by Crippen LogP contribution is 2.32. The fraction of sp³-hybridized carbons (Fsp3) is 0.462. The first-order valence-electron chi connectivity index (χ1n) is 5.98. The third-order valence-electron chi connectivity index (χ3n) is 3.56. The molecule has 2 saturated heterocycles. The number of carbonyl (C=O) groups excluding carboxylic acids is 1. The summed E-state index contributed by atoms with van der Waals surface area (Å²) < 4.78 is 5.44. The van der Waals surface area contributed by atoms with Gasteiger partial charge in [0.2, 0.25) is 0 Å². The van der Waals surface area contributed by atoms with E-state index in [1.165, 1.54) is 0 Å². The van der Waals surface area contributed by atoms with E-state index < -0.39 is 0 Å². The first kappa shape index (κ1) is 10.7. The van der Waals surface area contributed by atoms with Crippen LogP contribution >= 0.6 is 0 Å². The summed E-state index contributed by atoms with van der Waals surface area (Å²) in [7, 11) is 0. The van der Waals surface area contributed by atoms with Gasteiger partial charge in [-0.25, -0.2) is 0 Å². The average molecular weight is 232 g/mol. The predicted octanol–water partition coefficient (Wildman–Crippen LogP) is 0.782. The normalized spacial score (nSPS) is 28.9. The number of anilines is 1. The van der Waals surface area contributed by atoms with Crippen molar-refractivity contribution in [3.05, 3.63) is 30.3 Å². The fourth-order valence-corrected chi connectivity index (χ4v) is 2.76. The van der Waals surface area contributed by atoms with Crippen molar-refractivity contribution in [2.45, 2.75) is 12.0 Å². The lowest BCUT2D eigenvalue weighted by atomic mass is 9.94. The van der Waals surface area contributed by atoms with Crippen molar-refractivity contribution in [1.29, 1.82) is 0 Å². The SMILES string of the molecule is O=C1COCC2(CCNC2)N1c1ccccc1. The highest BCUT2D eigenvalue weighted by atomic mass is 16.5. The summed E-state index contributed by atoms with van der Waals surface area (Å²) in [5.74, 6) is 0.0613. The minimum Gasteiger partial charge on any atom is -0.369 e. The van der Waals surface area contributed by atoms with Crippen LogP contribution in [0.3, 0.4) is 0 Å². The zero-order chi connectivity index (χ0) is 11.7. The molecule has 2 aliphatic heterocycles. The Kier molecular flexibility index (Phi) is 2.61. The third kappa shape index (κ3) is 1.73. The second kappa shape index (κ2) is 4.13. The summed E-state index contributed by atoms with van der Waals surface area (Å²) in [4.78, 5) is 14.1. The van der Waals surface area contributed by atoms with Crippen LogP contribution in [0.4, 0.5) is 5.69 Å². The molecular formula is C13H16N2O2. The summed E-state index contributed by atoms with van der Waals surface area (Å²) in [6.07, 6.45) is 0.952. The number of rotatable bonds is 1. The number of nitrogens with zero attached hydrogens (tertiary/aromatic N) is 1. The van der Waals surface area contributed by atoms with Gasteiger partial charge in [0.25, 0.3) is 5.91 Å². The lowest BCUT2D eigenvalue weighted by Crippen LogP contribution is -2.61. The lowest BCUT2D eigenvalue weighted by molar-refractivity contribution is -0.129. The largest absolute Gasteiger partial charge is 0.369 e. The van der Waals surface area contributed by atoms with Gasteiger partial charge in [0, 0.05) is 12.2 Å². The van der Waals surface area contributed by atoms with E-state index in [1.807, 2.05) is 35.2 Å². The van der Waals surface area contributed by atoms with Crippen molar-refractivity contribution >= 4 is 11.6 Å². The van der Waals surface area contributed by atoms with E-state index in [9.17, 15) is 4.79 Å². The average Bonchev–Trinajstić information content (AvgIpc) is 2.79. The maximum absolute atomic E-state index is 12.1. The number of morpholine rings is 1. The van der Waals surface area contributed by atoms with Gasteiger partial charge in [-0.05, 0) is 25.1 Å². The third-order valence-corrected chi connectivity index (χ3v) is 3.56. The van der Waals surface area contributed by atoms with E-state index in [1.54, 1.807) is 0 Å². The standard InChI is InChI=1S/C13H16N2O2/c16-12-8-17-10-13(6-7-14-9-13)15(12)11-4-2-1-3-5-11/h1-5,14H,6-10H2. The van der Waals surface area contributed by atoms with Crippen LogP contribution in [-0.4, -0.2) is 37.7 Å². The Morgan fingerprint density at radius 3 is 2.82 bits per heavy atom. The van der Waals surface area contributed by atoms with E-state index >= 15 is 0 Å². The van der Waals surface area contributed by atoms with E-state index in [2.05, 4.69) is 5.32 Å². The molecule has 4 heteroatoms. The molecule has 2 heterocycles. The molecule has 0 aliphatic carbocycles. The van der Waals surface area contributed by atoms with Gasteiger partial charge in [0.1, 0.15) is 6.61 Å². The zero-order valence-corrected chi connectivity index (χ0v) is 9.69. The molecule has 0 radical (unpaired) electrons. The number of para-hydroxylation sites is 1. The monoisotopic (exact) mass is 232 g/mol. The first-order valence-corrected chi connectivity index (χ1v) is 5.98. The molecule has 0 bridgehead atoms. The number of nitrogens with one attached hydrogen (secondary N) is 1. The molecule has 1 amide bonds. The number of ether oxygens (including phenoxy) is 1. The van der Waals surface area contributed by atoms with Crippen LogP contribution in [0.5, 0.6) is 0 Å². The van der Waals surface area contributed by atoms with Gasteiger partial charge in [-0.2, -0.15) is 0 Å². The first-order chi connectivity index (χ1) is 8.32. The van der Waals surface area contributed by atoms with Gasteiger partial charge < -0.3 is 15.0 Å². The minimum atomic E-state index is -0.184. The number of carbonyl (C=O) groups is 1. The van der Waals surface area contributed by atoms with Gasteiger partial charge >= 0.3 is 0 Å². The molecule has 90 valence electrons. The summed E-state index contributed by atoms with van der Waals surface area (Å²) in [6, 6.07) is 9.88. The molecule has 1 N–H and O–H groups in total. The summed E-state index contributed by atoms with van der Waals surface area (Å²) in [5.41, 5.74) is 0.793. The molecule has 1 unspecified atom stereocenters. The Balaban J connectivity index is 2.00. The van der Waals surface area contributed by atoms with Crippen molar-refractivity contribution in [1.82, 2.24) is 5.32 Å². The van der Waals surface area contributed by atoms with Crippen LogP contribution in [0.15, 0.2) is 30.3 Å². The summed E-state index contributed by atoms with van der Waals surface area (Å²) in [5, 5.41) is 3.33. The molecule has 0 aromatic heterocycles. The van der Waals surface area contributed by atoms with Crippen LogP contribution < -0.4 is 10.2 Å². The predicted molar refractivity (Wildman–Crippen MR) is 65.0 cm³/mol. The van der Waals surface area contributed by atoms with Crippen molar-refractivity contribution in [3.8, 4) is 0 Å². The van der Waals surface area contributed by atoms with E-state index in [-0.39, 0.29) is 18.1 Å². The summed E-state index contributed by atoms with van der Waals surface area (Å²) >= 11 is 0. The van der Waals surface area contributed by atoms with Gasteiger partial charge in [0.15, 0.2) is 0 Å². The molecule has 17 heavy (non-hydrogen) atoms. The smallest absolute Gasteiger partial charge is 0.253 e. The van der Waals surface area contributed by atoms with Crippen molar-refractivity contribution < 1.29 is 9.53 Å². The second-order valence-electron chi connectivity index (χ2n) is 4.71. The van der Waals surface area contributed by atoms with Crippen molar-refractivity contribution in [3.63, 3.8) is 0 Å². The van der Waals surface area contributed by atoms with Gasteiger partial charge in [-0.15, -0.1) is 0 Å². The lowest BCUT2D eigenvalue weighted by Gasteiger charge is -2.43. The molecule has 1 spiro atoms. The van der Waals surface area contributed by atoms with Crippen LogP contribution in [0, 0.1) is 0 Å². The highest BCUT2D eigenvalue weighted by molar-refractivity contribution is 5.96. The van der Waals surface area contributed by atoms with E-state index in [4.69, 9.17) is 4.74 Å². The molecule has 4 nitrogen and oxygen atoms in total. The number of benzene rings is 1. The van der Waals surface area contributed by atoms with Crippen molar-refractivity contribution in [2.24, 2.45) is 0 Å². The van der Waals surface area contributed by atoms with Gasteiger partial charge in [0.05, 0.1) is 12.1 Å². The molecule has 1 atom stereocenters. The van der Waals surface area contributed by atoms with Crippen LogP contribution in [0.25, 0.3) is 0 Å². The molecule has 3 rings (SSSR count). The van der Waals surface area contributed by atoms with Gasteiger partial charge in [-0.1, -0.05) is 18.2 Å². The molecular weight excluding hydrogens is 216 g/mol. The topological polar surface area (TPSA) is 41.6 Å². The van der Waals surface area contributed by atoms with E-state index in [0.29, 0.717) is 6.61 Å². The second-order valence-corrected chi connectivity index (χ2v) is 4.71. The van der Waals surface area contributed by atoms with E-state index in [0.717, 1.165) is 25.2 Å². The Hall–Kier alpha value is -1.39. The molecule has 2 aliphatic rings. The highest BCUT2D eigenvalue weighted by Gasteiger charge is 2.46. The van der Waals surface area contributed by atoms with Crippen molar-refractivity contribution in [2.75, 3.05) is 31.2 Å². The Morgan fingerprint density at radius 1 is 1.29 bits per heavy atom. The Labute approximate surface area is 101 Å². The number of hydrogen-bond donors (Lipinski definition) is 1. The van der Waals surface area contributed by atoms with Gasteiger partial charge in [-0.3, -0.25) is 4.79 Å². The Morgan fingerprint density at radius 2 is 2.12 bits per heavy atom. The molecule has 1 aromatic carbocycles. The zero-order valence-electron chi connectivity index (χ0n) is 9.69. The van der Waals surface area contributed by atoms with Crippen LogP contribution in [-0.2, 0) is 9.53 Å². The minimum absolute atomic E-state index is 0.0613. The van der Waals surface area contributed by atoms with Crippen LogP contribution in [0.2, 0.25) is 0 Å². The maximum Gasteiger partial charge on any atom is 0.253 e. The molecule has 1 aromatic rings.